The molecule has 92 valence electrons. The SMILES string of the molecule is CC1(C)COC(c2ccc3ccccc3c2O)=N1. The van der Waals surface area contributed by atoms with Gasteiger partial charge in [-0.05, 0) is 25.3 Å². The molecule has 0 bridgehead atoms. The molecule has 0 spiro atoms. The number of rotatable bonds is 1. The van der Waals surface area contributed by atoms with Crippen LogP contribution >= 0.6 is 0 Å². The minimum Gasteiger partial charge on any atom is -0.506 e. The minimum absolute atomic E-state index is 0.215. The summed E-state index contributed by atoms with van der Waals surface area (Å²) >= 11 is 0. The van der Waals surface area contributed by atoms with E-state index in [-0.39, 0.29) is 11.3 Å². The third-order valence-corrected chi connectivity index (χ3v) is 3.10. The fourth-order valence-electron chi connectivity index (χ4n) is 2.15. The lowest BCUT2D eigenvalue weighted by atomic mass is 10.1. The number of nitrogens with zero attached hydrogens (tertiary/aromatic N) is 1. The number of ether oxygens (including phenoxy) is 1. The zero-order valence-corrected chi connectivity index (χ0v) is 10.5. The molecule has 0 amide bonds. The van der Waals surface area contributed by atoms with Crippen LogP contribution in [0.3, 0.4) is 0 Å². The monoisotopic (exact) mass is 241 g/mol. The van der Waals surface area contributed by atoms with Gasteiger partial charge in [-0.3, -0.25) is 0 Å². The van der Waals surface area contributed by atoms with Gasteiger partial charge in [0.2, 0.25) is 5.90 Å². The molecule has 0 atom stereocenters. The first-order valence-electron chi connectivity index (χ1n) is 6.01. The second kappa shape index (κ2) is 3.73. The van der Waals surface area contributed by atoms with E-state index in [1.165, 1.54) is 0 Å². The van der Waals surface area contributed by atoms with E-state index >= 15 is 0 Å². The summed E-state index contributed by atoms with van der Waals surface area (Å²) in [4.78, 5) is 4.49. The standard InChI is InChI=1S/C15H15NO2/c1-15(2)9-18-14(16-15)12-8-7-10-5-3-4-6-11(10)13(12)17/h3-8,17H,9H2,1-2H3. The van der Waals surface area contributed by atoms with Gasteiger partial charge in [-0.1, -0.05) is 30.3 Å². The molecule has 0 fully saturated rings. The van der Waals surface area contributed by atoms with E-state index in [0.717, 1.165) is 10.8 Å². The second-order valence-electron chi connectivity index (χ2n) is 5.20. The second-order valence-corrected chi connectivity index (χ2v) is 5.20. The van der Waals surface area contributed by atoms with Crippen molar-refractivity contribution < 1.29 is 9.84 Å². The fourth-order valence-corrected chi connectivity index (χ4v) is 2.15. The number of benzene rings is 2. The van der Waals surface area contributed by atoms with Crippen LogP contribution < -0.4 is 0 Å². The van der Waals surface area contributed by atoms with Gasteiger partial charge in [0.05, 0.1) is 11.1 Å². The molecule has 2 aromatic carbocycles. The number of hydrogen-bond donors (Lipinski definition) is 1. The Morgan fingerprint density at radius 3 is 2.67 bits per heavy atom. The van der Waals surface area contributed by atoms with Crippen LogP contribution in [0.15, 0.2) is 41.4 Å². The molecule has 18 heavy (non-hydrogen) atoms. The predicted octanol–water partition coefficient (Wildman–Crippen LogP) is 3.10. The highest BCUT2D eigenvalue weighted by molar-refractivity contribution is 6.04. The Kier molecular flexibility index (Phi) is 2.30. The summed E-state index contributed by atoms with van der Waals surface area (Å²) in [7, 11) is 0. The zero-order valence-electron chi connectivity index (χ0n) is 10.5. The van der Waals surface area contributed by atoms with Crippen molar-refractivity contribution in [3.8, 4) is 5.75 Å². The maximum Gasteiger partial charge on any atom is 0.220 e. The zero-order chi connectivity index (χ0) is 12.8. The minimum atomic E-state index is -0.215. The summed E-state index contributed by atoms with van der Waals surface area (Å²) in [5.41, 5.74) is 0.451. The van der Waals surface area contributed by atoms with Crippen molar-refractivity contribution in [1.29, 1.82) is 0 Å². The van der Waals surface area contributed by atoms with Crippen LogP contribution in [0.4, 0.5) is 0 Å². The molecular weight excluding hydrogens is 226 g/mol. The molecule has 1 heterocycles. The molecule has 3 nitrogen and oxygen atoms in total. The van der Waals surface area contributed by atoms with Crippen LogP contribution in [0, 0.1) is 0 Å². The summed E-state index contributed by atoms with van der Waals surface area (Å²) < 4.78 is 5.57. The smallest absolute Gasteiger partial charge is 0.220 e. The normalized spacial score (nSPS) is 17.6. The van der Waals surface area contributed by atoms with Crippen molar-refractivity contribution >= 4 is 16.7 Å². The van der Waals surface area contributed by atoms with E-state index in [0.29, 0.717) is 18.1 Å². The van der Waals surface area contributed by atoms with Crippen LogP contribution in [0.2, 0.25) is 0 Å². The molecule has 0 aliphatic carbocycles. The Balaban J connectivity index is 2.17. The Labute approximate surface area is 106 Å². The van der Waals surface area contributed by atoms with Crippen LogP contribution in [0.1, 0.15) is 19.4 Å². The Bertz CT molecular complexity index is 644. The van der Waals surface area contributed by atoms with Gasteiger partial charge in [0, 0.05) is 5.39 Å². The average Bonchev–Trinajstić information content (AvgIpc) is 2.70. The first kappa shape index (κ1) is 11.1. The van der Waals surface area contributed by atoms with Gasteiger partial charge in [0.25, 0.3) is 0 Å². The lowest BCUT2D eigenvalue weighted by Gasteiger charge is -2.07. The number of aliphatic imine (C=N–C) groups is 1. The molecule has 2 aromatic rings. The molecule has 1 aliphatic heterocycles. The van der Waals surface area contributed by atoms with Crippen molar-refractivity contribution in [3.63, 3.8) is 0 Å². The van der Waals surface area contributed by atoms with Gasteiger partial charge >= 0.3 is 0 Å². The first-order valence-corrected chi connectivity index (χ1v) is 6.01. The predicted molar refractivity (Wildman–Crippen MR) is 72.2 cm³/mol. The molecule has 3 heteroatoms. The molecule has 3 rings (SSSR count). The first-order chi connectivity index (χ1) is 8.57. The van der Waals surface area contributed by atoms with Crippen molar-refractivity contribution in [1.82, 2.24) is 0 Å². The highest BCUT2D eigenvalue weighted by Gasteiger charge is 2.28. The molecule has 0 saturated heterocycles. The van der Waals surface area contributed by atoms with Crippen molar-refractivity contribution in [2.75, 3.05) is 6.61 Å². The van der Waals surface area contributed by atoms with Crippen LogP contribution in [0.25, 0.3) is 10.8 Å². The lowest BCUT2D eigenvalue weighted by molar-refractivity contribution is 0.279. The Hall–Kier alpha value is -2.03. The van der Waals surface area contributed by atoms with Gasteiger partial charge in [0.1, 0.15) is 12.4 Å². The van der Waals surface area contributed by atoms with E-state index in [1.807, 2.05) is 50.2 Å². The third-order valence-electron chi connectivity index (χ3n) is 3.10. The summed E-state index contributed by atoms with van der Waals surface area (Å²) in [6.45, 7) is 4.57. The Morgan fingerprint density at radius 2 is 1.94 bits per heavy atom. The molecule has 0 radical (unpaired) electrons. The summed E-state index contributed by atoms with van der Waals surface area (Å²) in [6, 6.07) is 11.6. The number of phenolic OH excluding ortho intramolecular Hbond substituents is 1. The fraction of sp³-hybridized carbons (Fsp3) is 0.267. The Morgan fingerprint density at radius 1 is 1.17 bits per heavy atom. The van der Waals surface area contributed by atoms with Gasteiger partial charge in [-0.2, -0.15) is 0 Å². The van der Waals surface area contributed by atoms with Gasteiger partial charge < -0.3 is 9.84 Å². The number of phenols is 1. The molecule has 0 unspecified atom stereocenters. The summed E-state index contributed by atoms with van der Waals surface area (Å²) in [5.74, 6) is 0.771. The maximum atomic E-state index is 10.3. The lowest BCUT2D eigenvalue weighted by Crippen LogP contribution is -2.17. The summed E-state index contributed by atoms with van der Waals surface area (Å²) in [5, 5.41) is 12.2. The van der Waals surface area contributed by atoms with Gasteiger partial charge in [0.15, 0.2) is 0 Å². The molecule has 1 aliphatic rings. The van der Waals surface area contributed by atoms with Crippen LogP contribution in [0.5, 0.6) is 5.75 Å². The molecular formula is C15H15NO2. The molecule has 0 saturated carbocycles. The topological polar surface area (TPSA) is 41.8 Å². The van der Waals surface area contributed by atoms with E-state index in [4.69, 9.17) is 4.74 Å². The quantitative estimate of drug-likeness (QED) is 0.833. The highest BCUT2D eigenvalue weighted by atomic mass is 16.5. The number of fused-ring (bicyclic) bond motifs is 1. The molecule has 1 N–H and O–H groups in total. The van der Waals surface area contributed by atoms with E-state index < -0.39 is 0 Å². The molecule has 0 aromatic heterocycles. The third kappa shape index (κ3) is 1.72. The van der Waals surface area contributed by atoms with Gasteiger partial charge in [-0.15, -0.1) is 0 Å². The van der Waals surface area contributed by atoms with Crippen LogP contribution in [-0.4, -0.2) is 23.2 Å². The van der Waals surface area contributed by atoms with E-state index in [9.17, 15) is 5.11 Å². The van der Waals surface area contributed by atoms with Crippen molar-refractivity contribution in [2.24, 2.45) is 4.99 Å². The maximum absolute atomic E-state index is 10.3. The van der Waals surface area contributed by atoms with Crippen molar-refractivity contribution in [3.05, 3.63) is 42.0 Å². The van der Waals surface area contributed by atoms with Crippen molar-refractivity contribution in [2.45, 2.75) is 19.4 Å². The highest BCUT2D eigenvalue weighted by Crippen LogP contribution is 2.31. The van der Waals surface area contributed by atoms with E-state index in [2.05, 4.69) is 4.99 Å². The number of aromatic hydroxyl groups is 1. The van der Waals surface area contributed by atoms with Crippen LogP contribution in [-0.2, 0) is 4.74 Å². The van der Waals surface area contributed by atoms with E-state index in [1.54, 1.807) is 0 Å². The summed E-state index contributed by atoms with van der Waals surface area (Å²) in [6.07, 6.45) is 0. The largest absolute Gasteiger partial charge is 0.506 e. The van der Waals surface area contributed by atoms with Gasteiger partial charge in [-0.25, -0.2) is 4.99 Å². The number of hydrogen-bond acceptors (Lipinski definition) is 3. The average molecular weight is 241 g/mol.